The highest BCUT2D eigenvalue weighted by atomic mass is 16.4. The summed E-state index contributed by atoms with van der Waals surface area (Å²) in [6.07, 6.45) is 4.94. The minimum atomic E-state index is -0.787. The van der Waals surface area contributed by atoms with Crippen molar-refractivity contribution in [1.29, 1.82) is 0 Å². The second-order valence-electron chi connectivity index (χ2n) is 4.26. The van der Waals surface area contributed by atoms with Gasteiger partial charge < -0.3 is 5.11 Å². The van der Waals surface area contributed by atoms with Gasteiger partial charge in [0.05, 0.1) is 18.3 Å². The molecule has 16 heavy (non-hydrogen) atoms. The van der Waals surface area contributed by atoms with E-state index in [0.29, 0.717) is 0 Å². The van der Waals surface area contributed by atoms with E-state index in [2.05, 4.69) is 11.1 Å². The summed E-state index contributed by atoms with van der Waals surface area (Å²) in [5.41, 5.74) is 2.31. The number of aromatic nitrogens is 1. The van der Waals surface area contributed by atoms with Crippen LogP contribution >= 0.6 is 0 Å². The van der Waals surface area contributed by atoms with Crippen LogP contribution < -0.4 is 0 Å². The quantitative estimate of drug-likeness (QED) is 0.838. The van der Waals surface area contributed by atoms with Crippen molar-refractivity contribution >= 4 is 5.97 Å². The highest BCUT2D eigenvalue weighted by molar-refractivity contribution is 5.69. The molecule has 0 amide bonds. The lowest BCUT2D eigenvalue weighted by Gasteiger charge is -2.31. The van der Waals surface area contributed by atoms with Crippen LogP contribution in [0.25, 0.3) is 0 Å². The van der Waals surface area contributed by atoms with E-state index in [9.17, 15) is 4.79 Å². The van der Waals surface area contributed by atoms with Crippen LogP contribution in [0.15, 0.2) is 18.3 Å². The Kier molecular flexibility index (Phi) is 3.19. The molecule has 1 aliphatic carbocycles. The molecule has 1 heterocycles. The second kappa shape index (κ2) is 4.61. The van der Waals surface area contributed by atoms with E-state index in [1.54, 1.807) is 6.20 Å². The van der Waals surface area contributed by atoms with Gasteiger partial charge >= 0.3 is 5.97 Å². The molecule has 2 rings (SSSR count). The van der Waals surface area contributed by atoms with E-state index in [0.717, 1.165) is 25.0 Å². The number of likely N-dealkylation sites (N-methyl/N-ethyl adjacent to an activating group) is 1. The molecule has 1 N–H and O–H groups in total. The van der Waals surface area contributed by atoms with E-state index >= 15 is 0 Å². The molecule has 0 aliphatic heterocycles. The number of nitrogens with zero attached hydrogens (tertiary/aromatic N) is 2. The molecular formula is C12H16N2O2. The van der Waals surface area contributed by atoms with E-state index in [1.807, 2.05) is 18.0 Å². The van der Waals surface area contributed by atoms with E-state index in [4.69, 9.17) is 5.11 Å². The molecule has 0 bridgehead atoms. The van der Waals surface area contributed by atoms with Gasteiger partial charge in [0.2, 0.25) is 0 Å². The number of carbonyl (C=O) groups is 1. The first-order valence-electron chi connectivity index (χ1n) is 5.54. The second-order valence-corrected chi connectivity index (χ2v) is 4.26. The number of aliphatic carboxylic acids is 1. The highest BCUT2D eigenvalue weighted by Crippen LogP contribution is 2.31. The zero-order valence-electron chi connectivity index (χ0n) is 9.39. The smallest absolute Gasteiger partial charge is 0.317 e. The summed E-state index contributed by atoms with van der Waals surface area (Å²) >= 11 is 0. The van der Waals surface area contributed by atoms with Gasteiger partial charge in [-0.3, -0.25) is 14.7 Å². The van der Waals surface area contributed by atoms with Gasteiger partial charge in [0, 0.05) is 6.20 Å². The third kappa shape index (κ3) is 2.22. The zero-order valence-corrected chi connectivity index (χ0v) is 9.39. The standard InChI is InChI=1S/C12H16N2O2/c1-14(8-11(15)16)10-6-2-4-9-5-3-7-13-12(9)10/h3,5,7,10H,2,4,6,8H2,1H3,(H,15,16)/t10-/m1/s1. The minimum Gasteiger partial charge on any atom is -0.480 e. The molecular weight excluding hydrogens is 204 g/mol. The summed E-state index contributed by atoms with van der Waals surface area (Å²) in [4.78, 5) is 17.0. The Morgan fingerprint density at radius 2 is 2.50 bits per heavy atom. The summed E-state index contributed by atoms with van der Waals surface area (Å²) in [6.45, 7) is 0.0701. The van der Waals surface area contributed by atoms with Gasteiger partial charge in [-0.1, -0.05) is 6.07 Å². The number of pyridine rings is 1. The first-order chi connectivity index (χ1) is 7.68. The molecule has 4 heteroatoms. The van der Waals surface area contributed by atoms with Crippen molar-refractivity contribution in [3.63, 3.8) is 0 Å². The molecule has 0 unspecified atom stereocenters. The lowest BCUT2D eigenvalue weighted by atomic mass is 9.91. The highest BCUT2D eigenvalue weighted by Gasteiger charge is 2.25. The summed E-state index contributed by atoms with van der Waals surface area (Å²) in [7, 11) is 1.85. The lowest BCUT2D eigenvalue weighted by molar-refractivity contribution is -0.138. The Balaban J connectivity index is 2.21. The minimum absolute atomic E-state index is 0.0701. The van der Waals surface area contributed by atoms with Crippen molar-refractivity contribution < 1.29 is 9.90 Å². The molecule has 1 aromatic rings. The molecule has 0 saturated carbocycles. The molecule has 0 saturated heterocycles. The fraction of sp³-hybridized carbons (Fsp3) is 0.500. The van der Waals surface area contributed by atoms with E-state index in [1.165, 1.54) is 5.56 Å². The number of rotatable bonds is 3. The maximum Gasteiger partial charge on any atom is 0.317 e. The summed E-state index contributed by atoms with van der Waals surface area (Å²) < 4.78 is 0. The van der Waals surface area contributed by atoms with Gasteiger partial charge in [0.25, 0.3) is 0 Å². The molecule has 0 radical (unpaired) electrons. The molecule has 0 fully saturated rings. The third-order valence-corrected chi connectivity index (χ3v) is 3.08. The Morgan fingerprint density at radius 1 is 1.69 bits per heavy atom. The predicted octanol–water partition coefficient (Wildman–Crippen LogP) is 1.48. The van der Waals surface area contributed by atoms with Crippen LogP contribution in [0.2, 0.25) is 0 Å². The molecule has 86 valence electrons. The van der Waals surface area contributed by atoms with Crippen molar-refractivity contribution in [2.45, 2.75) is 25.3 Å². The van der Waals surface area contributed by atoms with Crippen LogP contribution in [-0.4, -0.2) is 34.6 Å². The topological polar surface area (TPSA) is 53.4 Å². The van der Waals surface area contributed by atoms with Gasteiger partial charge in [0.1, 0.15) is 0 Å². The molecule has 1 aliphatic rings. The summed E-state index contributed by atoms with van der Waals surface area (Å²) in [5.74, 6) is -0.787. The fourth-order valence-electron chi connectivity index (χ4n) is 2.34. The Morgan fingerprint density at radius 3 is 3.25 bits per heavy atom. The Hall–Kier alpha value is -1.42. The number of hydrogen-bond donors (Lipinski definition) is 1. The normalized spacial score (nSPS) is 19.5. The van der Waals surface area contributed by atoms with Crippen LogP contribution in [0.5, 0.6) is 0 Å². The first kappa shape index (κ1) is 11.1. The Bertz CT molecular complexity index is 392. The molecule has 0 spiro atoms. The zero-order chi connectivity index (χ0) is 11.5. The fourth-order valence-corrected chi connectivity index (χ4v) is 2.34. The molecule has 4 nitrogen and oxygen atoms in total. The predicted molar refractivity (Wildman–Crippen MR) is 60.2 cm³/mol. The van der Waals surface area contributed by atoms with Crippen LogP contribution in [-0.2, 0) is 11.2 Å². The van der Waals surface area contributed by atoms with Crippen molar-refractivity contribution in [3.05, 3.63) is 29.6 Å². The van der Waals surface area contributed by atoms with Crippen LogP contribution in [0.3, 0.4) is 0 Å². The largest absolute Gasteiger partial charge is 0.480 e. The third-order valence-electron chi connectivity index (χ3n) is 3.08. The molecule has 1 aromatic heterocycles. The van der Waals surface area contributed by atoms with Gasteiger partial charge in [-0.25, -0.2) is 0 Å². The maximum absolute atomic E-state index is 10.7. The maximum atomic E-state index is 10.7. The SMILES string of the molecule is CN(CC(=O)O)[C@@H]1CCCc2cccnc21. The number of carboxylic acids is 1. The van der Waals surface area contributed by atoms with Crippen molar-refractivity contribution in [2.75, 3.05) is 13.6 Å². The molecule has 0 aromatic carbocycles. The van der Waals surface area contributed by atoms with Crippen molar-refractivity contribution in [3.8, 4) is 0 Å². The van der Waals surface area contributed by atoms with Gasteiger partial charge in [-0.2, -0.15) is 0 Å². The number of hydrogen-bond acceptors (Lipinski definition) is 3. The Labute approximate surface area is 94.9 Å². The van der Waals surface area contributed by atoms with Gasteiger partial charge in [0.15, 0.2) is 0 Å². The van der Waals surface area contributed by atoms with Crippen LogP contribution in [0, 0.1) is 0 Å². The number of carboxylic acid groups (broad SMARTS) is 1. The van der Waals surface area contributed by atoms with Gasteiger partial charge in [-0.05, 0) is 37.9 Å². The lowest BCUT2D eigenvalue weighted by Crippen LogP contribution is -2.32. The van der Waals surface area contributed by atoms with Crippen molar-refractivity contribution in [2.24, 2.45) is 0 Å². The van der Waals surface area contributed by atoms with E-state index in [-0.39, 0.29) is 12.6 Å². The van der Waals surface area contributed by atoms with Gasteiger partial charge in [-0.15, -0.1) is 0 Å². The summed E-state index contributed by atoms with van der Waals surface area (Å²) in [5, 5.41) is 8.80. The summed E-state index contributed by atoms with van der Waals surface area (Å²) in [6, 6.07) is 4.18. The first-order valence-corrected chi connectivity index (χ1v) is 5.54. The average Bonchev–Trinajstić information content (AvgIpc) is 2.27. The number of fused-ring (bicyclic) bond motifs is 1. The average molecular weight is 220 g/mol. The molecule has 1 atom stereocenters. The van der Waals surface area contributed by atoms with Crippen LogP contribution in [0.1, 0.15) is 30.1 Å². The number of aryl methyl sites for hydroxylation is 1. The monoisotopic (exact) mass is 220 g/mol. The van der Waals surface area contributed by atoms with Crippen LogP contribution in [0.4, 0.5) is 0 Å². The van der Waals surface area contributed by atoms with E-state index < -0.39 is 5.97 Å². The van der Waals surface area contributed by atoms with Crippen molar-refractivity contribution in [1.82, 2.24) is 9.88 Å².